The van der Waals surface area contributed by atoms with E-state index in [4.69, 9.17) is 23.1 Å². The van der Waals surface area contributed by atoms with Crippen LogP contribution in [0.5, 0.6) is 0 Å². The fourth-order valence-electron chi connectivity index (χ4n) is 1.73. The van der Waals surface area contributed by atoms with E-state index in [-0.39, 0.29) is 23.4 Å². The number of aliphatic hydroxyl groups is 1. The lowest BCUT2D eigenvalue weighted by molar-refractivity contribution is -0.134. The molecular formula is C10H19N3O2S. The highest BCUT2D eigenvalue weighted by atomic mass is 32.1. The lowest BCUT2D eigenvalue weighted by atomic mass is 10.1. The van der Waals surface area contributed by atoms with Gasteiger partial charge in [-0.3, -0.25) is 9.69 Å². The molecule has 0 aromatic carbocycles. The average molecular weight is 245 g/mol. The quantitative estimate of drug-likeness (QED) is 0.625. The molecule has 0 spiro atoms. The molecule has 1 aliphatic rings. The lowest BCUT2D eigenvalue weighted by Crippen LogP contribution is -2.51. The Kier molecular flexibility index (Phi) is 5.11. The minimum Gasteiger partial charge on any atom is -0.395 e. The van der Waals surface area contributed by atoms with Crippen molar-refractivity contribution in [2.24, 2.45) is 11.7 Å². The van der Waals surface area contributed by atoms with E-state index in [2.05, 4.69) is 4.90 Å². The van der Waals surface area contributed by atoms with Crippen molar-refractivity contribution in [1.29, 1.82) is 0 Å². The van der Waals surface area contributed by atoms with Gasteiger partial charge < -0.3 is 15.7 Å². The third-order valence-corrected chi connectivity index (χ3v) is 3.25. The summed E-state index contributed by atoms with van der Waals surface area (Å²) in [7, 11) is 0. The number of piperazine rings is 1. The molecule has 0 aromatic heterocycles. The molecule has 1 rings (SSSR count). The SMILES string of the molecule is CC(C(=O)N1CCN(CCO)CC1)C(N)=S. The number of carbonyl (C=O) groups is 1. The Morgan fingerprint density at radius 1 is 1.44 bits per heavy atom. The number of nitrogens with two attached hydrogens (primary N) is 1. The maximum Gasteiger partial charge on any atom is 0.232 e. The van der Waals surface area contributed by atoms with Gasteiger partial charge in [0, 0.05) is 32.7 Å². The van der Waals surface area contributed by atoms with E-state index in [1.807, 2.05) is 0 Å². The minimum atomic E-state index is -0.376. The summed E-state index contributed by atoms with van der Waals surface area (Å²) in [6, 6.07) is 0. The van der Waals surface area contributed by atoms with Crippen LogP contribution in [0.4, 0.5) is 0 Å². The number of nitrogens with zero attached hydrogens (tertiary/aromatic N) is 2. The minimum absolute atomic E-state index is 0.0103. The summed E-state index contributed by atoms with van der Waals surface area (Å²) in [5, 5.41) is 8.80. The van der Waals surface area contributed by atoms with Gasteiger partial charge in [-0.1, -0.05) is 12.2 Å². The van der Waals surface area contributed by atoms with E-state index in [1.165, 1.54) is 0 Å². The molecule has 0 bridgehead atoms. The molecule has 1 saturated heterocycles. The zero-order chi connectivity index (χ0) is 12.1. The maximum atomic E-state index is 11.9. The van der Waals surface area contributed by atoms with Crippen LogP contribution in [-0.4, -0.2) is 65.1 Å². The molecule has 16 heavy (non-hydrogen) atoms. The molecule has 0 saturated carbocycles. The van der Waals surface area contributed by atoms with Crippen molar-refractivity contribution in [1.82, 2.24) is 9.80 Å². The average Bonchev–Trinajstić information content (AvgIpc) is 2.28. The standard InChI is InChI=1S/C10H19N3O2S/c1-8(9(11)16)10(15)13-4-2-12(3-5-13)6-7-14/h8,14H,2-7H2,1H3,(H2,11,16). The largest absolute Gasteiger partial charge is 0.395 e. The van der Waals surface area contributed by atoms with E-state index in [0.717, 1.165) is 13.1 Å². The van der Waals surface area contributed by atoms with Crippen LogP contribution in [0.1, 0.15) is 6.92 Å². The molecule has 92 valence electrons. The molecule has 1 amide bonds. The fraction of sp³-hybridized carbons (Fsp3) is 0.800. The first-order valence-electron chi connectivity index (χ1n) is 5.47. The molecule has 6 heteroatoms. The van der Waals surface area contributed by atoms with E-state index in [0.29, 0.717) is 19.6 Å². The summed E-state index contributed by atoms with van der Waals surface area (Å²) in [5.74, 6) is -0.365. The maximum absolute atomic E-state index is 11.9. The third kappa shape index (κ3) is 3.40. The molecule has 1 fully saturated rings. The topological polar surface area (TPSA) is 69.8 Å². The van der Waals surface area contributed by atoms with Crippen LogP contribution >= 0.6 is 12.2 Å². The smallest absolute Gasteiger partial charge is 0.232 e. The highest BCUT2D eigenvalue weighted by Gasteiger charge is 2.25. The number of β-amino-alcohol motifs (C(OH)–C–C–N with tert-alkyl or cyclic N) is 1. The van der Waals surface area contributed by atoms with Crippen LogP contribution in [0.2, 0.25) is 0 Å². The summed E-state index contributed by atoms with van der Waals surface area (Å²) >= 11 is 4.82. The molecule has 3 N–H and O–H groups in total. The van der Waals surface area contributed by atoms with Gasteiger partial charge >= 0.3 is 0 Å². The Balaban J connectivity index is 2.41. The monoisotopic (exact) mass is 245 g/mol. The zero-order valence-electron chi connectivity index (χ0n) is 9.56. The summed E-state index contributed by atoms with van der Waals surface area (Å²) in [4.78, 5) is 16.1. The zero-order valence-corrected chi connectivity index (χ0v) is 10.4. The lowest BCUT2D eigenvalue weighted by Gasteiger charge is -2.35. The van der Waals surface area contributed by atoms with Crippen LogP contribution in [0.15, 0.2) is 0 Å². The summed E-state index contributed by atoms with van der Waals surface area (Å²) in [6.45, 7) is 5.55. The van der Waals surface area contributed by atoms with Gasteiger partial charge in [-0.05, 0) is 6.92 Å². The van der Waals surface area contributed by atoms with Gasteiger partial charge in [-0.2, -0.15) is 0 Å². The van der Waals surface area contributed by atoms with Gasteiger partial charge in [0.25, 0.3) is 0 Å². The van der Waals surface area contributed by atoms with Crippen molar-refractivity contribution in [3.8, 4) is 0 Å². The Morgan fingerprint density at radius 3 is 2.44 bits per heavy atom. The second-order valence-corrected chi connectivity index (χ2v) is 4.49. The molecule has 0 radical (unpaired) electrons. The summed E-state index contributed by atoms with van der Waals surface area (Å²) in [6.07, 6.45) is 0. The summed E-state index contributed by atoms with van der Waals surface area (Å²) in [5.41, 5.74) is 5.46. The second kappa shape index (κ2) is 6.12. The number of hydrogen-bond donors (Lipinski definition) is 2. The fourth-order valence-corrected chi connectivity index (χ4v) is 1.83. The summed E-state index contributed by atoms with van der Waals surface area (Å²) < 4.78 is 0. The van der Waals surface area contributed by atoms with E-state index < -0.39 is 0 Å². The van der Waals surface area contributed by atoms with Crippen LogP contribution in [0.25, 0.3) is 0 Å². The number of rotatable bonds is 4. The van der Waals surface area contributed by atoms with Gasteiger partial charge in [0.2, 0.25) is 5.91 Å². The van der Waals surface area contributed by atoms with Crippen molar-refractivity contribution >= 4 is 23.1 Å². The molecule has 1 atom stereocenters. The first kappa shape index (κ1) is 13.3. The molecule has 0 aromatic rings. The van der Waals surface area contributed by atoms with Gasteiger partial charge in [0.1, 0.15) is 0 Å². The van der Waals surface area contributed by atoms with E-state index in [9.17, 15) is 4.79 Å². The Hall–Kier alpha value is -0.720. The predicted octanol–water partition coefficient (Wildman–Crippen LogP) is -0.955. The van der Waals surface area contributed by atoms with E-state index in [1.54, 1.807) is 11.8 Å². The number of thiocarbonyl (C=S) groups is 1. The van der Waals surface area contributed by atoms with Crippen LogP contribution in [0.3, 0.4) is 0 Å². The van der Waals surface area contributed by atoms with Gasteiger partial charge in [-0.25, -0.2) is 0 Å². The first-order valence-corrected chi connectivity index (χ1v) is 5.88. The Morgan fingerprint density at radius 2 is 2.00 bits per heavy atom. The van der Waals surface area contributed by atoms with Crippen molar-refractivity contribution < 1.29 is 9.90 Å². The van der Waals surface area contributed by atoms with Gasteiger partial charge in [0.15, 0.2) is 0 Å². The predicted molar refractivity (Wildman–Crippen MR) is 66.1 cm³/mol. The Labute approximate surface area is 101 Å². The Bertz CT molecular complexity index is 265. The highest BCUT2D eigenvalue weighted by Crippen LogP contribution is 2.07. The normalized spacial score (nSPS) is 19.5. The van der Waals surface area contributed by atoms with Gasteiger partial charge in [-0.15, -0.1) is 0 Å². The number of carbonyl (C=O) groups excluding carboxylic acids is 1. The molecular weight excluding hydrogens is 226 g/mol. The molecule has 1 unspecified atom stereocenters. The second-order valence-electron chi connectivity index (χ2n) is 4.01. The van der Waals surface area contributed by atoms with Gasteiger partial charge in [0.05, 0.1) is 17.5 Å². The van der Waals surface area contributed by atoms with Crippen LogP contribution in [-0.2, 0) is 4.79 Å². The number of amides is 1. The third-order valence-electron chi connectivity index (χ3n) is 2.90. The van der Waals surface area contributed by atoms with Crippen molar-refractivity contribution in [2.45, 2.75) is 6.92 Å². The highest BCUT2D eigenvalue weighted by molar-refractivity contribution is 7.80. The van der Waals surface area contributed by atoms with Crippen LogP contribution < -0.4 is 5.73 Å². The number of aliphatic hydroxyl groups excluding tert-OH is 1. The molecule has 1 heterocycles. The van der Waals surface area contributed by atoms with Crippen molar-refractivity contribution in [3.05, 3.63) is 0 Å². The van der Waals surface area contributed by atoms with Crippen molar-refractivity contribution in [3.63, 3.8) is 0 Å². The molecule has 5 nitrogen and oxygen atoms in total. The molecule has 1 aliphatic heterocycles. The number of hydrogen-bond acceptors (Lipinski definition) is 4. The van der Waals surface area contributed by atoms with Crippen LogP contribution in [0, 0.1) is 5.92 Å². The van der Waals surface area contributed by atoms with E-state index >= 15 is 0 Å². The molecule has 0 aliphatic carbocycles. The van der Waals surface area contributed by atoms with Crippen molar-refractivity contribution in [2.75, 3.05) is 39.3 Å². The first-order chi connectivity index (χ1) is 7.56.